The molecule has 5 heteroatoms. The molecule has 1 aromatic rings. The maximum absolute atomic E-state index is 12.3. The summed E-state index contributed by atoms with van der Waals surface area (Å²) in [5.41, 5.74) is 0. The summed E-state index contributed by atoms with van der Waals surface area (Å²) in [5.74, 6) is 2.21. The highest BCUT2D eigenvalue weighted by Crippen LogP contribution is 2.44. The van der Waals surface area contributed by atoms with Crippen LogP contribution in [0.5, 0.6) is 0 Å². The molecule has 0 radical (unpaired) electrons. The molecule has 3 rings (SSSR count). The monoisotopic (exact) mass is 235 g/mol. The molecular weight excluding hydrogens is 218 g/mol. The number of amides is 1. The van der Waals surface area contributed by atoms with E-state index < -0.39 is 0 Å². The van der Waals surface area contributed by atoms with Gasteiger partial charge in [-0.3, -0.25) is 4.79 Å². The van der Waals surface area contributed by atoms with E-state index in [0.717, 1.165) is 18.9 Å². The van der Waals surface area contributed by atoms with Gasteiger partial charge in [-0.25, -0.2) is 4.98 Å². The van der Waals surface area contributed by atoms with Crippen LogP contribution in [0.4, 0.5) is 0 Å². The summed E-state index contributed by atoms with van der Waals surface area (Å²) in [7, 11) is 1.86. The first-order valence-electron chi connectivity index (χ1n) is 6.12. The summed E-state index contributed by atoms with van der Waals surface area (Å²) in [4.78, 5) is 18.2. The van der Waals surface area contributed by atoms with E-state index in [1.165, 1.54) is 6.42 Å². The van der Waals surface area contributed by atoms with Crippen molar-refractivity contribution in [3.8, 4) is 0 Å². The highest BCUT2D eigenvalue weighted by atomic mass is 16.3. The number of oxazole rings is 1. The Bertz CT molecular complexity index is 404. The van der Waals surface area contributed by atoms with Gasteiger partial charge >= 0.3 is 0 Å². The van der Waals surface area contributed by atoms with E-state index in [0.29, 0.717) is 18.4 Å². The van der Waals surface area contributed by atoms with Crippen molar-refractivity contribution in [2.24, 2.45) is 11.8 Å². The second kappa shape index (κ2) is 4.14. The molecule has 2 fully saturated rings. The van der Waals surface area contributed by atoms with Gasteiger partial charge in [0.15, 0.2) is 0 Å². The average Bonchev–Trinajstić information content (AvgIpc) is 2.86. The maximum Gasteiger partial charge on any atom is 0.240 e. The van der Waals surface area contributed by atoms with E-state index in [2.05, 4.69) is 10.3 Å². The summed E-state index contributed by atoms with van der Waals surface area (Å²) in [6.07, 6.45) is 5.40. The lowest BCUT2D eigenvalue weighted by atomic mass is 10.1. The van der Waals surface area contributed by atoms with Crippen molar-refractivity contribution >= 4 is 5.91 Å². The van der Waals surface area contributed by atoms with Crippen LogP contribution in [-0.2, 0) is 11.3 Å². The Morgan fingerprint density at radius 2 is 2.41 bits per heavy atom. The topological polar surface area (TPSA) is 58.4 Å². The number of hydrogen-bond acceptors (Lipinski definition) is 4. The number of nitrogens with zero attached hydrogens (tertiary/aromatic N) is 2. The predicted molar refractivity (Wildman–Crippen MR) is 61.0 cm³/mol. The van der Waals surface area contributed by atoms with E-state index in [9.17, 15) is 4.79 Å². The number of carbonyl (C=O) groups is 1. The summed E-state index contributed by atoms with van der Waals surface area (Å²) in [6, 6.07) is -0.0394. The molecule has 0 spiro atoms. The zero-order valence-electron chi connectivity index (χ0n) is 9.93. The second-order valence-electron chi connectivity index (χ2n) is 4.98. The smallest absolute Gasteiger partial charge is 0.240 e. The van der Waals surface area contributed by atoms with Gasteiger partial charge in [0.2, 0.25) is 11.8 Å². The third kappa shape index (κ3) is 2.07. The number of fused-ring (bicyclic) bond motifs is 1. The molecule has 17 heavy (non-hydrogen) atoms. The highest BCUT2D eigenvalue weighted by Gasteiger charge is 2.45. The Hall–Kier alpha value is -1.36. The number of likely N-dealkylation sites (N-methyl/N-ethyl adjacent to an activating group) is 1. The Balaban J connectivity index is 1.74. The Morgan fingerprint density at radius 1 is 1.53 bits per heavy atom. The molecular formula is C12H17N3O2. The van der Waals surface area contributed by atoms with Crippen molar-refractivity contribution in [3.63, 3.8) is 0 Å². The van der Waals surface area contributed by atoms with E-state index in [1.807, 2.05) is 11.9 Å². The van der Waals surface area contributed by atoms with Crippen LogP contribution in [0.1, 0.15) is 18.7 Å². The fourth-order valence-corrected chi connectivity index (χ4v) is 2.70. The number of likely N-dealkylation sites (tertiary alicyclic amines) is 1. The molecule has 5 nitrogen and oxygen atoms in total. The average molecular weight is 235 g/mol. The number of aromatic nitrogens is 1. The van der Waals surface area contributed by atoms with Gasteiger partial charge in [-0.1, -0.05) is 0 Å². The minimum absolute atomic E-state index is 0.0394. The first-order valence-corrected chi connectivity index (χ1v) is 6.12. The van der Waals surface area contributed by atoms with Crippen molar-refractivity contribution < 1.29 is 9.21 Å². The maximum atomic E-state index is 12.3. The van der Waals surface area contributed by atoms with Crippen molar-refractivity contribution in [1.82, 2.24) is 15.2 Å². The van der Waals surface area contributed by atoms with Crippen LogP contribution in [0.25, 0.3) is 0 Å². The van der Waals surface area contributed by atoms with Crippen LogP contribution in [0, 0.1) is 11.8 Å². The van der Waals surface area contributed by atoms with Crippen LogP contribution in [0.2, 0.25) is 0 Å². The van der Waals surface area contributed by atoms with Gasteiger partial charge in [0, 0.05) is 6.54 Å². The number of nitrogens with one attached hydrogen (secondary N) is 1. The van der Waals surface area contributed by atoms with Crippen molar-refractivity contribution in [3.05, 3.63) is 18.4 Å². The first-order chi connectivity index (χ1) is 8.28. The van der Waals surface area contributed by atoms with Gasteiger partial charge in [-0.05, 0) is 31.7 Å². The van der Waals surface area contributed by atoms with Crippen LogP contribution >= 0.6 is 0 Å². The van der Waals surface area contributed by atoms with Gasteiger partial charge in [0.25, 0.3) is 0 Å². The summed E-state index contributed by atoms with van der Waals surface area (Å²) in [6.45, 7) is 1.34. The Morgan fingerprint density at radius 3 is 3.12 bits per heavy atom. The van der Waals surface area contributed by atoms with Crippen molar-refractivity contribution in [2.45, 2.75) is 25.4 Å². The minimum atomic E-state index is -0.0394. The van der Waals surface area contributed by atoms with Gasteiger partial charge in [0.05, 0.1) is 18.8 Å². The lowest BCUT2D eigenvalue weighted by molar-refractivity contribution is -0.134. The molecule has 2 aliphatic rings. The van der Waals surface area contributed by atoms with Gasteiger partial charge in [-0.15, -0.1) is 0 Å². The first kappa shape index (κ1) is 10.8. The molecule has 3 unspecified atom stereocenters. The molecule has 3 atom stereocenters. The number of carbonyl (C=O) groups excluding carboxylic acids is 1. The van der Waals surface area contributed by atoms with E-state index in [4.69, 9.17) is 4.42 Å². The molecule has 1 saturated heterocycles. The highest BCUT2D eigenvalue weighted by molar-refractivity contribution is 5.82. The largest absolute Gasteiger partial charge is 0.447 e. The van der Waals surface area contributed by atoms with Crippen molar-refractivity contribution in [1.29, 1.82) is 0 Å². The molecule has 1 saturated carbocycles. The van der Waals surface area contributed by atoms with Gasteiger partial charge < -0.3 is 14.6 Å². The van der Waals surface area contributed by atoms with Crippen molar-refractivity contribution in [2.75, 3.05) is 13.6 Å². The van der Waals surface area contributed by atoms with Crippen LogP contribution < -0.4 is 5.32 Å². The molecule has 92 valence electrons. The lowest BCUT2D eigenvalue weighted by Crippen LogP contribution is -2.44. The fourth-order valence-electron chi connectivity index (χ4n) is 2.70. The molecule has 1 N–H and O–H groups in total. The predicted octanol–water partition coefficient (Wildman–Crippen LogP) is 0.631. The molecule has 2 heterocycles. The third-order valence-corrected chi connectivity index (χ3v) is 3.83. The van der Waals surface area contributed by atoms with E-state index in [-0.39, 0.29) is 11.9 Å². The third-order valence-electron chi connectivity index (χ3n) is 3.83. The zero-order chi connectivity index (χ0) is 11.8. The molecule has 1 aliphatic heterocycles. The summed E-state index contributed by atoms with van der Waals surface area (Å²) in [5, 5.41) is 3.12. The lowest BCUT2D eigenvalue weighted by Gasteiger charge is -2.23. The zero-order valence-corrected chi connectivity index (χ0v) is 9.93. The normalized spacial score (nSPS) is 32.2. The van der Waals surface area contributed by atoms with Crippen LogP contribution in [-0.4, -0.2) is 35.4 Å². The fraction of sp³-hybridized carbons (Fsp3) is 0.667. The molecule has 0 aromatic carbocycles. The Kier molecular flexibility index (Phi) is 2.63. The number of hydrogen-bond donors (Lipinski definition) is 1. The van der Waals surface area contributed by atoms with Crippen LogP contribution in [0.15, 0.2) is 16.9 Å². The molecule has 1 aromatic heterocycles. The standard InChI is InChI=1S/C12H17N3O2/c1-13-10-5-8-4-9(8)6-15(12(10)16)7-11-14-2-3-17-11/h2-3,8-10,13H,4-7H2,1H3. The van der Waals surface area contributed by atoms with E-state index in [1.54, 1.807) is 12.5 Å². The summed E-state index contributed by atoms with van der Waals surface area (Å²) < 4.78 is 5.22. The van der Waals surface area contributed by atoms with Gasteiger partial charge in [0.1, 0.15) is 6.26 Å². The summed E-state index contributed by atoms with van der Waals surface area (Å²) >= 11 is 0. The molecule has 0 bridgehead atoms. The quantitative estimate of drug-likeness (QED) is 0.835. The second-order valence-corrected chi connectivity index (χ2v) is 4.98. The molecule has 1 amide bonds. The van der Waals surface area contributed by atoms with Gasteiger partial charge in [-0.2, -0.15) is 0 Å². The SMILES string of the molecule is CNC1CC2CC2CN(Cc2ncco2)C1=O. The van der Waals surface area contributed by atoms with Crippen LogP contribution in [0.3, 0.4) is 0 Å². The molecule has 1 aliphatic carbocycles. The van der Waals surface area contributed by atoms with E-state index >= 15 is 0 Å². The minimum Gasteiger partial charge on any atom is -0.447 e. The number of rotatable bonds is 3. The Labute approximate surface area is 100 Å².